The van der Waals surface area contributed by atoms with Crippen LogP contribution in [0.3, 0.4) is 0 Å². The van der Waals surface area contributed by atoms with E-state index in [-0.39, 0.29) is 11.2 Å². The molecule has 1 saturated carbocycles. The Balaban J connectivity index is 2.09. The zero-order valence-corrected chi connectivity index (χ0v) is 10.7. The van der Waals surface area contributed by atoms with Gasteiger partial charge in [-0.1, -0.05) is 13.8 Å². The van der Waals surface area contributed by atoms with E-state index in [2.05, 4.69) is 24.1 Å². The van der Waals surface area contributed by atoms with Crippen molar-refractivity contribution < 1.29 is 4.39 Å². The second-order valence-corrected chi connectivity index (χ2v) is 5.31. The van der Waals surface area contributed by atoms with Crippen LogP contribution >= 0.6 is 0 Å². The molecule has 0 spiro atoms. The van der Waals surface area contributed by atoms with Gasteiger partial charge in [-0.3, -0.25) is 4.98 Å². The van der Waals surface area contributed by atoms with E-state index in [1.807, 2.05) is 6.07 Å². The van der Waals surface area contributed by atoms with Crippen molar-refractivity contribution in [1.82, 2.24) is 10.3 Å². The van der Waals surface area contributed by atoms with Gasteiger partial charge in [-0.15, -0.1) is 0 Å². The highest BCUT2D eigenvalue weighted by Gasteiger charge is 2.37. The third-order valence-corrected chi connectivity index (χ3v) is 3.85. The average Bonchev–Trinajstić information content (AvgIpc) is 2.70. The van der Waals surface area contributed by atoms with Gasteiger partial charge < -0.3 is 5.32 Å². The minimum absolute atomic E-state index is 0.0293. The normalized spacial score (nSPS) is 28.5. The fourth-order valence-corrected chi connectivity index (χ4v) is 2.87. The summed E-state index contributed by atoms with van der Waals surface area (Å²) in [5.74, 6) is -0.161. The lowest BCUT2D eigenvalue weighted by molar-refractivity contribution is 0.431. The summed E-state index contributed by atoms with van der Waals surface area (Å²) in [5, 5.41) is 3.54. The molecule has 17 heavy (non-hydrogen) atoms. The Bertz CT molecular complexity index is 380. The van der Waals surface area contributed by atoms with Crippen LogP contribution in [-0.4, -0.2) is 17.6 Å². The van der Waals surface area contributed by atoms with Gasteiger partial charge in [0.25, 0.3) is 0 Å². The summed E-state index contributed by atoms with van der Waals surface area (Å²) in [4.78, 5) is 3.83. The van der Waals surface area contributed by atoms with Crippen LogP contribution < -0.4 is 5.32 Å². The third kappa shape index (κ3) is 2.65. The predicted octanol–water partition coefficient (Wildman–Crippen LogP) is 3.03. The van der Waals surface area contributed by atoms with Crippen LogP contribution in [-0.2, 0) is 5.41 Å². The van der Waals surface area contributed by atoms with Gasteiger partial charge in [-0.2, -0.15) is 0 Å². The molecule has 0 radical (unpaired) electrons. The molecule has 1 fully saturated rings. The van der Waals surface area contributed by atoms with Gasteiger partial charge in [0.2, 0.25) is 0 Å². The first-order valence-electron chi connectivity index (χ1n) is 6.49. The number of nitrogens with zero attached hydrogens (tertiary/aromatic N) is 1. The number of hydrogen-bond acceptors (Lipinski definition) is 2. The second-order valence-electron chi connectivity index (χ2n) is 5.31. The number of hydrogen-bond donors (Lipinski definition) is 1. The molecule has 2 rings (SSSR count). The first kappa shape index (κ1) is 12.5. The molecule has 94 valence electrons. The van der Waals surface area contributed by atoms with Crippen molar-refractivity contribution in [3.05, 3.63) is 29.8 Å². The van der Waals surface area contributed by atoms with Crippen LogP contribution in [0, 0.1) is 5.82 Å². The fraction of sp³-hybridized carbons (Fsp3) is 0.643. The number of halogens is 1. The standard InChI is InChI=1S/C14H21FN2/c1-3-7-17-11-4-6-14(2,9-11)12-5-8-16-10-13(12)15/h5,8,10-11,17H,3-4,6-7,9H2,1-2H3. The summed E-state index contributed by atoms with van der Waals surface area (Å²) >= 11 is 0. The monoisotopic (exact) mass is 236 g/mol. The van der Waals surface area contributed by atoms with Gasteiger partial charge in [-0.05, 0) is 49.3 Å². The maximum Gasteiger partial charge on any atom is 0.145 e. The highest BCUT2D eigenvalue weighted by Crippen LogP contribution is 2.41. The van der Waals surface area contributed by atoms with Gasteiger partial charge in [0.15, 0.2) is 0 Å². The summed E-state index contributed by atoms with van der Waals surface area (Å²) in [6, 6.07) is 2.37. The van der Waals surface area contributed by atoms with E-state index < -0.39 is 0 Å². The molecule has 2 atom stereocenters. The Labute approximate surface area is 103 Å². The molecule has 0 saturated heterocycles. The van der Waals surface area contributed by atoms with Crippen molar-refractivity contribution >= 4 is 0 Å². The maximum atomic E-state index is 13.8. The molecule has 2 unspecified atom stereocenters. The van der Waals surface area contributed by atoms with Crippen LogP contribution in [0.1, 0.15) is 45.1 Å². The zero-order valence-electron chi connectivity index (χ0n) is 10.7. The van der Waals surface area contributed by atoms with Crippen molar-refractivity contribution in [2.45, 2.75) is 51.0 Å². The van der Waals surface area contributed by atoms with Crippen LogP contribution in [0.5, 0.6) is 0 Å². The molecule has 1 aromatic rings. The minimum Gasteiger partial charge on any atom is -0.314 e. The highest BCUT2D eigenvalue weighted by atomic mass is 19.1. The summed E-state index contributed by atoms with van der Waals surface area (Å²) in [5.41, 5.74) is 0.798. The van der Waals surface area contributed by atoms with Crippen LogP contribution in [0.4, 0.5) is 4.39 Å². The molecule has 2 nitrogen and oxygen atoms in total. The molecular weight excluding hydrogens is 215 g/mol. The van der Waals surface area contributed by atoms with Gasteiger partial charge in [0, 0.05) is 12.2 Å². The molecule has 0 aromatic carbocycles. The van der Waals surface area contributed by atoms with Gasteiger partial charge in [0.05, 0.1) is 6.20 Å². The molecule has 3 heteroatoms. The Morgan fingerprint density at radius 2 is 2.41 bits per heavy atom. The van der Waals surface area contributed by atoms with Crippen LogP contribution in [0.2, 0.25) is 0 Å². The zero-order chi connectivity index (χ0) is 12.3. The lowest BCUT2D eigenvalue weighted by Crippen LogP contribution is -2.29. The largest absolute Gasteiger partial charge is 0.314 e. The van der Waals surface area contributed by atoms with E-state index in [0.29, 0.717) is 6.04 Å². The summed E-state index contributed by atoms with van der Waals surface area (Å²) in [7, 11) is 0. The van der Waals surface area contributed by atoms with Crippen molar-refractivity contribution in [2.75, 3.05) is 6.54 Å². The molecule has 1 aromatic heterocycles. The quantitative estimate of drug-likeness (QED) is 0.869. The van der Waals surface area contributed by atoms with Crippen molar-refractivity contribution in [2.24, 2.45) is 0 Å². The van der Waals surface area contributed by atoms with E-state index in [1.54, 1.807) is 6.20 Å². The lowest BCUT2D eigenvalue weighted by atomic mass is 9.81. The fourth-order valence-electron chi connectivity index (χ4n) is 2.87. The van der Waals surface area contributed by atoms with E-state index >= 15 is 0 Å². The maximum absolute atomic E-state index is 13.8. The van der Waals surface area contributed by atoms with Gasteiger partial charge >= 0.3 is 0 Å². The molecule has 0 amide bonds. The predicted molar refractivity (Wildman–Crippen MR) is 67.5 cm³/mol. The Morgan fingerprint density at radius 3 is 3.12 bits per heavy atom. The molecule has 1 aliphatic carbocycles. The SMILES string of the molecule is CCCNC1CCC(C)(c2ccncc2F)C1. The number of aromatic nitrogens is 1. The smallest absolute Gasteiger partial charge is 0.145 e. The number of rotatable bonds is 4. The van der Waals surface area contributed by atoms with E-state index in [1.165, 1.54) is 6.20 Å². The lowest BCUT2D eigenvalue weighted by Gasteiger charge is -2.25. The number of nitrogens with one attached hydrogen (secondary N) is 1. The van der Waals surface area contributed by atoms with Crippen molar-refractivity contribution in [1.29, 1.82) is 0 Å². The first-order valence-corrected chi connectivity index (χ1v) is 6.49. The van der Waals surface area contributed by atoms with Crippen molar-refractivity contribution in [3.8, 4) is 0 Å². The Morgan fingerprint density at radius 1 is 1.59 bits per heavy atom. The summed E-state index contributed by atoms with van der Waals surface area (Å²) in [6.45, 7) is 5.39. The average molecular weight is 236 g/mol. The van der Waals surface area contributed by atoms with E-state index in [4.69, 9.17) is 0 Å². The van der Waals surface area contributed by atoms with Crippen molar-refractivity contribution in [3.63, 3.8) is 0 Å². The highest BCUT2D eigenvalue weighted by molar-refractivity contribution is 5.25. The third-order valence-electron chi connectivity index (χ3n) is 3.85. The Hall–Kier alpha value is -0.960. The second kappa shape index (κ2) is 5.13. The topological polar surface area (TPSA) is 24.9 Å². The first-order chi connectivity index (χ1) is 8.15. The molecule has 0 aliphatic heterocycles. The number of pyridine rings is 1. The van der Waals surface area contributed by atoms with E-state index in [9.17, 15) is 4.39 Å². The van der Waals surface area contributed by atoms with E-state index in [0.717, 1.165) is 37.8 Å². The Kier molecular flexibility index (Phi) is 3.77. The van der Waals surface area contributed by atoms with Crippen LogP contribution in [0.25, 0.3) is 0 Å². The molecule has 0 bridgehead atoms. The van der Waals surface area contributed by atoms with Gasteiger partial charge in [-0.25, -0.2) is 4.39 Å². The minimum atomic E-state index is -0.161. The molecule has 1 N–H and O–H groups in total. The summed E-state index contributed by atoms with van der Waals surface area (Å²) < 4.78 is 13.8. The van der Waals surface area contributed by atoms with Crippen LogP contribution in [0.15, 0.2) is 18.5 Å². The molecular formula is C14H21FN2. The molecule has 1 aliphatic rings. The summed E-state index contributed by atoms with van der Waals surface area (Å²) in [6.07, 6.45) is 7.38. The van der Waals surface area contributed by atoms with Gasteiger partial charge in [0.1, 0.15) is 5.82 Å². The molecule has 1 heterocycles.